The van der Waals surface area contributed by atoms with Crippen LogP contribution in [-0.2, 0) is 28.8 Å². The molecule has 0 aliphatic rings. The van der Waals surface area contributed by atoms with Gasteiger partial charge in [-0.15, -0.1) is 0 Å². The molecule has 4 atom stereocenters. The second-order valence-electron chi connectivity index (χ2n) is 7.29. The van der Waals surface area contributed by atoms with Gasteiger partial charge in [-0.05, 0) is 43.3 Å². The number of aliphatic carboxylic acids is 2. The van der Waals surface area contributed by atoms with Crippen molar-refractivity contribution >= 4 is 59.1 Å². The van der Waals surface area contributed by atoms with Crippen molar-refractivity contribution in [2.75, 3.05) is 24.0 Å². The lowest BCUT2D eigenvalue weighted by Gasteiger charge is -2.24. The van der Waals surface area contributed by atoms with E-state index in [-0.39, 0.29) is 12.8 Å². The highest BCUT2D eigenvalue weighted by atomic mass is 32.2. The number of amides is 4. The third-order valence-electron chi connectivity index (χ3n) is 4.51. The Kier molecular flexibility index (Phi) is 15.7. The maximum absolute atomic E-state index is 12.8. The summed E-state index contributed by atoms with van der Waals surface area (Å²) in [6, 6.07) is -5.09. The van der Waals surface area contributed by atoms with Crippen LogP contribution in [0.3, 0.4) is 0 Å². The number of hydrogen-bond donors (Lipinski definition) is 7. The van der Waals surface area contributed by atoms with Crippen molar-refractivity contribution < 1.29 is 39.0 Å². The number of carboxylic acid groups (broad SMARTS) is 2. The molecule has 4 unspecified atom stereocenters. The molecule has 0 bridgehead atoms. The van der Waals surface area contributed by atoms with Gasteiger partial charge in [0.05, 0.1) is 12.5 Å². The first kappa shape index (κ1) is 31.5. The highest BCUT2D eigenvalue weighted by Gasteiger charge is 2.31. The van der Waals surface area contributed by atoms with Gasteiger partial charge in [-0.2, -0.15) is 23.5 Å². The normalized spacial score (nSPS) is 14.2. The Balaban J connectivity index is 5.51. The van der Waals surface area contributed by atoms with Gasteiger partial charge in [-0.1, -0.05) is 0 Å². The Hall–Kier alpha value is -2.52. The largest absolute Gasteiger partial charge is 0.481 e. The van der Waals surface area contributed by atoms with Gasteiger partial charge in [0, 0.05) is 6.42 Å². The van der Waals surface area contributed by atoms with Crippen LogP contribution in [0.15, 0.2) is 0 Å². The van der Waals surface area contributed by atoms with E-state index in [1.54, 1.807) is 6.26 Å². The van der Waals surface area contributed by atoms with Crippen molar-refractivity contribution in [2.45, 2.75) is 56.3 Å². The molecular weight excluding hydrogens is 490 g/mol. The quantitative estimate of drug-likeness (QED) is 0.105. The van der Waals surface area contributed by atoms with Gasteiger partial charge in [0.15, 0.2) is 0 Å². The molecule has 0 rings (SSSR count). The highest BCUT2D eigenvalue weighted by molar-refractivity contribution is 7.98. The SMILES string of the molecule is CSCCC(N)C(=O)NC(CC(N)=O)C(=O)NC(CCC(=O)O)C(=O)NC(CCSC)C(=O)O. The average molecular weight is 524 g/mol. The number of nitrogens with one attached hydrogen (secondary N) is 3. The Labute approximate surface area is 205 Å². The topological polar surface area (TPSA) is 231 Å². The van der Waals surface area contributed by atoms with E-state index in [0.717, 1.165) is 0 Å². The van der Waals surface area contributed by atoms with Crippen LogP contribution in [0.4, 0.5) is 0 Å². The Bertz CT molecular complexity index is 739. The third kappa shape index (κ3) is 13.3. The number of hydrogen-bond acceptors (Lipinski definition) is 9. The van der Waals surface area contributed by atoms with E-state index in [1.807, 2.05) is 6.26 Å². The number of nitrogens with two attached hydrogens (primary N) is 2. The zero-order valence-corrected chi connectivity index (χ0v) is 20.7. The van der Waals surface area contributed by atoms with Gasteiger partial charge in [0.1, 0.15) is 18.1 Å². The van der Waals surface area contributed by atoms with Crippen molar-refractivity contribution in [3.8, 4) is 0 Å². The molecule has 0 saturated carbocycles. The van der Waals surface area contributed by atoms with Crippen molar-refractivity contribution in [2.24, 2.45) is 11.5 Å². The fourth-order valence-electron chi connectivity index (χ4n) is 2.64. The van der Waals surface area contributed by atoms with Gasteiger partial charge >= 0.3 is 11.9 Å². The van der Waals surface area contributed by atoms with Crippen LogP contribution in [0.2, 0.25) is 0 Å². The molecule has 0 aromatic heterocycles. The summed E-state index contributed by atoms with van der Waals surface area (Å²) >= 11 is 2.84. The molecule has 0 aromatic rings. The minimum Gasteiger partial charge on any atom is -0.481 e. The summed E-state index contributed by atoms with van der Waals surface area (Å²) in [7, 11) is 0. The first-order valence-electron chi connectivity index (χ1n) is 10.3. The number of carbonyl (C=O) groups is 6. The molecule has 0 fully saturated rings. The van der Waals surface area contributed by atoms with Crippen LogP contribution in [0, 0.1) is 0 Å². The molecule has 13 nitrogen and oxygen atoms in total. The first-order chi connectivity index (χ1) is 15.9. The number of primary amides is 1. The standard InChI is InChI=1S/C19H33N5O8S2/c1-33-7-5-10(20)16(28)24-13(9-14(21)25)18(30)22-11(3-4-15(26)27)17(29)23-12(19(31)32)6-8-34-2/h10-13H,3-9,20H2,1-2H3,(H2,21,25)(H,22,30)(H,23,29)(H,24,28)(H,26,27)(H,31,32). The molecule has 0 spiro atoms. The van der Waals surface area contributed by atoms with Crippen LogP contribution in [-0.4, -0.2) is 94.0 Å². The summed E-state index contributed by atoms with van der Waals surface area (Å²) in [6.45, 7) is 0. The summed E-state index contributed by atoms with van der Waals surface area (Å²) in [5, 5.41) is 25.2. The van der Waals surface area contributed by atoms with Crippen LogP contribution >= 0.6 is 23.5 Å². The van der Waals surface area contributed by atoms with E-state index < -0.39 is 72.6 Å². The van der Waals surface area contributed by atoms with Crippen molar-refractivity contribution in [3.63, 3.8) is 0 Å². The predicted molar refractivity (Wildman–Crippen MR) is 128 cm³/mol. The summed E-state index contributed by atoms with van der Waals surface area (Å²) < 4.78 is 0. The minimum absolute atomic E-state index is 0.107. The lowest BCUT2D eigenvalue weighted by molar-refractivity contribution is -0.143. The zero-order chi connectivity index (χ0) is 26.3. The molecule has 0 aromatic carbocycles. The van der Waals surface area contributed by atoms with Crippen molar-refractivity contribution in [3.05, 3.63) is 0 Å². The summed E-state index contributed by atoms with van der Waals surface area (Å²) in [4.78, 5) is 71.6. The molecule has 0 aliphatic carbocycles. The van der Waals surface area contributed by atoms with Gasteiger partial charge in [-0.3, -0.25) is 24.0 Å². The van der Waals surface area contributed by atoms with Gasteiger partial charge in [0.25, 0.3) is 0 Å². The Morgan fingerprint density at radius 2 is 1.26 bits per heavy atom. The second-order valence-corrected chi connectivity index (χ2v) is 9.27. The number of carbonyl (C=O) groups excluding carboxylic acids is 4. The van der Waals surface area contributed by atoms with Crippen LogP contribution in [0.5, 0.6) is 0 Å². The van der Waals surface area contributed by atoms with E-state index in [1.165, 1.54) is 23.5 Å². The van der Waals surface area contributed by atoms with Crippen molar-refractivity contribution in [1.82, 2.24) is 16.0 Å². The first-order valence-corrected chi connectivity index (χ1v) is 13.1. The lowest BCUT2D eigenvalue weighted by atomic mass is 10.1. The molecule has 0 aliphatic heterocycles. The summed E-state index contributed by atoms with van der Waals surface area (Å²) in [5.74, 6) is -5.01. The Morgan fingerprint density at radius 3 is 1.76 bits per heavy atom. The molecule has 0 saturated heterocycles. The summed E-state index contributed by atoms with van der Waals surface area (Å²) in [6.07, 6.45) is 2.55. The van der Waals surface area contributed by atoms with Gasteiger partial charge in [0.2, 0.25) is 23.6 Å². The van der Waals surface area contributed by atoms with Crippen LogP contribution < -0.4 is 27.4 Å². The molecule has 0 radical (unpaired) electrons. The fraction of sp³-hybridized carbons (Fsp3) is 0.684. The maximum atomic E-state index is 12.8. The molecule has 0 heterocycles. The molecule has 34 heavy (non-hydrogen) atoms. The minimum atomic E-state index is -1.46. The van der Waals surface area contributed by atoms with E-state index in [9.17, 15) is 33.9 Å². The van der Waals surface area contributed by atoms with Crippen molar-refractivity contribution in [1.29, 1.82) is 0 Å². The van der Waals surface area contributed by atoms with E-state index in [4.69, 9.17) is 16.6 Å². The predicted octanol–water partition coefficient (Wildman–Crippen LogP) is -1.90. The second kappa shape index (κ2) is 17.0. The number of thioether (sulfide) groups is 2. The molecule has 4 amide bonds. The summed E-state index contributed by atoms with van der Waals surface area (Å²) in [5.41, 5.74) is 10.9. The monoisotopic (exact) mass is 523 g/mol. The average Bonchev–Trinajstić information content (AvgIpc) is 2.75. The Morgan fingerprint density at radius 1 is 0.765 bits per heavy atom. The third-order valence-corrected chi connectivity index (χ3v) is 5.80. The number of rotatable bonds is 18. The van der Waals surface area contributed by atoms with Gasteiger partial charge in [-0.25, -0.2) is 4.79 Å². The smallest absolute Gasteiger partial charge is 0.326 e. The van der Waals surface area contributed by atoms with Crippen LogP contribution in [0.25, 0.3) is 0 Å². The fourth-order valence-corrected chi connectivity index (χ4v) is 3.60. The van der Waals surface area contributed by atoms with E-state index in [0.29, 0.717) is 17.9 Å². The van der Waals surface area contributed by atoms with E-state index in [2.05, 4.69) is 16.0 Å². The molecular formula is C19H33N5O8S2. The molecule has 194 valence electrons. The lowest BCUT2D eigenvalue weighted by Crippen LogP contribution is -2.57. The molecule has 15 heteroatoms. The number of carboxylic acids is 2. The maximum Gasteiger partial charge on any atom is 0.326 e. The van der Waals surface area contributed by atoms with Crippen LogP contribution in [0.1, 0.15) is 32.1 Å². The highest BCUT2D eigenvalue weighted by Crippen LogP contribution is 2.06. The zero-order valence-electron chi connectivity index (χ0n) is 19.1. The molecule has 9 N–H and O–H groups in total. The van der Waals surface area contributed by atoms with E-state index >= 15 is 0 Å². The van der Waals surface area contributed by atoms with Gasteiger partial charge < -0.3 is 37.6 Å².